The Kier molecular flexibility index (Phi) is 7.10. The average Bonchev–Trinajstić information content (AvgIpc) is 2.49. The lowest BCUT2D eigenvalue weighted by molar-refractivity contribution is -0.141. The van der Waals surface area contributed by atoms with Gasteiger partial charge in [0.25, 0.3) is 0 Å². The summed E-state index contributed by atoms with van der Waals surface area (Å²) >= 11 is 0. The van der Waals surface area contributed by atoms with E-state index in [-0.39, 0.29) is 11.6 Å². The van der Waals surface area contributed by atoms with Crippen molar-refractivity contribution in [3.05, 3.63) is 12.2 Å². The van der Waals surface area contributed by atoms with E-state index in [0.29, 0.717) is 0 Å². The van der Waals surface area contributed by atoms with E-state index in [0.717, 1.165) is 19.3 Å². The number of carbonyl (C=O) groups is 1. The molecule has 0 aromatic rings. The second-order valence-electron chi connectivity index (χ2n) is 5.46. The standard InChI is InChI=1S/C8H18N2.C7H10O2/c1-9-8(10-2)6-4-3-5-7-8;8-7(9)6-4-2-1-3-5-6/h9-10H,3-7H2,1-2H3;1-2,6H,3-5H2,(H,8,9)/t;6-/m.0/s1. The molecule has 1 saturated carbocycles. The Labute approximate surface area is 116 Å². The molecule has 4 nitrogen and oxygen atoms in total. The highest BCUT2D eigenvalue weighted by atomic mass is 16.4. The lowest BCUT2D eigenvalue weighted by atomic mass is 9.89. The lowest BCUT2D eigenvalue weighted by Gasteiger charge is -2.36. The van der Waals surface area contributed by atoms with Gasteiger partial charge in [-0.2, -0.15) is 0 Å². The van der Waals surface area contributed by atoms with Crippen molar-refractivity contribution < 1.29 is 9.90 Å². The molecule has 0 heterocycles. The molecule has 4 heteroatoms. The van der Waals surface area contributed by atoms with Gasteiger partial charge in [-0.15, -0.1) is 0 Å². The monoisotopic (exact) mass is 268 g/mol. The Morgan fingerprint density at radius 3 is 2.11 bits per heavy atom. The van der Waals surface area contributed by atoms with E-state index in [9.17, 15) is 4.79 Å². The highest BCUT2D eigenvalue weighted by molar-refractivity contribution is 5.70. The molecule has 0 amide bonds. The van der Waals surface area contributed by atoms with Crippen molar-refractivity contribution in [2.24, 2.45) is 5.92 Å². The molecular formula is C15H28N2O2. The number of hydrogen-bond acceptors (Lipinski definition) is 3. The fourth-order valence-corrected chi connectivity index (χ4v) is 2.80. The molecule has 0 unspecified atom stereocenters. The van der Waals surface area contributed by atoms with Crippen molar-refractivity contribution in [3.8, 4) is 0 Å². The minimum absolute atomic E-state index is 0.116. The van der Waals surface area contributed by atoms with Crippen LogP contribution < -0.4 is 10.6 Å². The molecule has 2 rings (SSSR count). The predicted molar refractivity (Wildman–Crippen MR) is 78.1 cm³/mol. The molecule has 0 aliphatic heterocycles. The molecule has 19 heavy (non-hydrogen) atoms. The molecule has 3 N–H and O–H groups in total. The summed E-state index contributed by atoms with van der Waals surface area (Å²) in [5, 5.41) is 15.2. The Morgan fingerprint density at radius 2 is 1.79 bits per heavy atom. The third-order valence-electron chi connectivity index (χ3n) is 4.28. The lowest BCUT2D eigenvalue weighted by Crippen LogP contribution is -2.54. The van der Waals surface area contributed by atoms with Crippen molar-refractivity contribution in [2.45, 2.75) is 57.0 Å². The molecule has 1 fully saturated rings. The number of carboxylic acids is 1. The highest BCUT2D eigenvalue weighted by Gasteiger charge is 2.27. The van der Waals surface area contributed by atoms with E-state index < -0.39 is 5.97 Å². The number of nitrogens with one attached hydrogen (secondary N) is 2. The van der Waals surface area contributed by atoms with Gasteiger partial charge in [-0.25, -0.2) is 0 Å². The quantitative estimate of drug-likeness (QED) is 0.544. The Balaban J connectivity index is 0.000000191. The number of aliphatic carboxylic acids is 1. The Morgan fingerprint density at radius 1 is 1.16 bits per heavy atom. The second kappa shape index (κ2) is 8.33. The van der Waals surface area contributed by atoms with E-state index in [1.807, 2.05) is 26.2 Å². The maximum Gasteiger partial charge on any atom is 0.306 e. The van der Waals surface area contributed by atoms with Crippen LogP contribution in [0.2, 0.25) is 0 Å². The topological polar surface area (TPSA) is 61.4 Å². The highest BCUT2D eigenvalue weighted by Crippen LogP contribution is 2.24. The molecule has 2 aliphatic rings. The first-order valence-corrected chi connectivity index (χ1v) is 7.39. The van der Waals surface area contributed by atoms with Crippen molar-refractivity contribution in [3.63, 3.8) is 0 Å². The van der Waals surface area contributed by atoms with Gasteiger partial charge in [0.15, 0.2) is 0 Å². The summed E-state index contributed by atoms with van der Waals surface area (Å²) in [6.45, 7) is 0. The Hall–Kier alpha value is -0.870. The van der Waals surface area contributed by atoms with Gasteiger partial charge in [0.05, 0.1) is 11.6 Å². The predicted octanol–water partition coefficient (Wildman–Crippen LogP) is 2.51. The zero-order chi connectivity index (χ0) is 14.1. The van der Waals surface area contributed by atoms with Gasteiger partial charge in [0, 0.05) is 0 Å². The molecule has 0 saturated heterocycles. The number of rotatable bonds is 3. The van der Waals surface area contributed by atoms with Crippen molar-refractivity contribution >= 4 is 5.97 Å². The molecule has 0 aromatic heterocycles. The van der Waals surface area contributed by atoms with Crippen LogP contribution >= 0.6 is 0 Å². The fourth-order valence-electron chi connectivity index (χ4n) is 2.80. The van der Waals surface area contributed by atoms with Gasteiger partial charge in [0.1, 0.15) is 0 Å². The molecular weight excluding hydrogens is 240 g/mol. The SMILES string of the molecule is CNC1(NC)CCCCC1.O=C(O)[C@H]1CC=CCC1. The first-order valence-electron chi connectivity index (χ1n) is 7.39. The summed E-state index contributed by atoms with van der Waals surface area (Å²) in [4.78, 5) is 10.3. The maximum atomic E-state index is 10.3. The van der Waals surface area contributed by atoms with Gasteiger partial charge in [-0.1, -0.05) is 31.4 Å². The number of hydrogen-bond donors (Lipinski definition) is 3. The van der Waals surface area contributed by atoms with E-state index in [1.54, 1.807) is 0 Å². The molecule has 2 aliphatic carbocycles. The zero-order valence-corrected chi connectivity index (χ0v) is 12.2. The molecule has 0 bridgehead atoms. The average molecular weight is 268 g/mol. The van der Waals surface area contributed by atoms with E-state index in [1.165, 1.54) is 32.1 Å². The largest absolute Gasteiger partial charge is 0.481 e. The van der Waals surface area contributed by atoms with Gasteiger partial charge < -0.3 is 15.7 Å². The Bertz CT molecular complexity index is 291. The second-order valence-corrected chi connectivity index (χ2v) is 5.46. The maximum absolute atomic E-state index is 10.3. The van der Waals surface area contributed by atoms with Crippen LogP contribution in [0.1, 0.15) is 51.4 Å². The van der Waals surface area contributed by atoms with Crippen LogP contribution in [0, 0.1) is 5.92 Å². The summed E-state index contributed by atoms with van der Waals surface area (Å²) in [5.41, 5.74) is 0.262. The molecule has 1 atom stereocenters. The smallest absolute Gasteiger partial charge is 0.306 e. The molecule has 0 aromatic carbocycles. The van der Waals surface area contributed by atoms with Crippen LogP contribution in [0.4, 0.5) is 0 Å². The van der Waals surface area contributed by atoms with Crippen LogP contribution in [0.15, 0.2) is 12.2 Å². The number of carboxylic acid groups (broad SMARTS) is 1. The third-order valence-corrected chi connectivity index (χ3v) is 4.28. The summed E-state index contributed by atoms with van der Waals surface area (Å²) in [6.07, 6.45) is 13.1. The molecule has 110 valence electrons. The first-order chi connectivity index (χ1) is 9.13. The van der Waals surface area contributed by atoms with Gasteiger partial charge in [0.2, 0.25) is 0 Å². The zero-order valence-electron chi connectivity index (χ0n) is 12.2. The third kappa shape index (κ3) is 5.33. The van der Waals surface area contributed by atoms with Crippen LogP contribution in [-0.4, -0.2) is 30.8 Å². The van der Waals surface area contributed by atoms with Crippen LogP contribution in [-0.2, 0) is 4.79 Å². The van der Waals surface area contributed by atoms with Crippen molar-refractivity contribution in [1.29, 1.82) is 0 Å². The summed E-state index contributed by atoms with van der Waals surface area (Å²) in [6, 6.07) is 0. The summed E-state index contributed by atoms with van der Waals surface area (Å²) in [7, 11) is 4.09. The van der Waals surface area contributed by atoms with E-state index >= 15 is 0 Å². The summed E-state index contributed by atoms with van der Waals surface area (Å²) < 4.78 is 0. The molecule has 0 spiro atoms. The van der Waals surface area contributed by atoms with E-state index in [2.05, 4.69) is 10.6 Å². The minimum Gasteiger partial charge on any atom is -0.481 e. The number of allylic oxidation sites excluding steroid dienone is 2. The van der Waals surface area contributed by atoms with Crippen molar-refractivity contribution in [2.75, 3.05) is 14.1 Å². The van der Waals surface area contributed by atoms with Crippen LogP contribution in [0.3, 0.4) is 0 Å². The molecule has 0 radical (unpaired) electrons. The summed E-state index contributed by atoms with van der Waals surface area (Å²) in [5.74, 6) is -0.769. The van der Waals surface area contributed by atoms with Crippen LogP contribution in [0.5, 0.6) is 0 Å². The van der Waals surface area contributed by atoms with Gasteiger partial charge >= 0.3 is 5.97 Å². The minimum atomic E-state index is -0.653. The first kappa shape index (κ1) is 16.2. The fraction of sp³-hybridized carbons (Fsp3) is 0.800. The van der Waals surface area contributed by atoms with Crippen LogP contribution in [0.25, 0.3) is 0 Å². The van der Waals surface area contributed by atoms with Crippen molar-refractivity contribution in [1.82, 2.24) is 10.6 Å². The normalized spacial score (nSPS) is 25.3. The van der Waals surface area contributed by atoms with Gasteiger partial charge in [-0.05, 0) is 46.2 Å². The van der Waals surface area contributed by atoms with Gasteiger partial charge in [-0.3, -0.25) is 4.79 Å². The van der Waals surface area contributed by atoms with E-state index in [4.69, 9.17) is 5.11 Å².